The Kier molecular flexibility index (Phi) is 5.45. The molecule has 1 aliphatic heterocycles. The van der Waals surface area contributed by atoms with Crippen molar-refractivity contribution in [1.29, 1.82) is 5.26 Å². The zero-order valence-electron chi connectivity index (χ0n) is 16.5. The van der Waals surface area contributed by atoms with Gasteiger partial charge in [0.05, 0.1) is 16.0 Å². The van der Waals surface area contributed by atoms with Crippen LogP contribution in [0.3, 0.4) is 0 Å². The maximum atomic E-state index is 12.8. The fourth-order valence-corrected chi connectivity index (χ4v) is 4.46. The topological polar surface area (TPSA) is 79.1 Å². The third kappa shape index (κ3) is 4.08. The van der Waals surface area contributed by atoms with Crippen molar-refractivity contribution in [3.63, 3.8) is 0 Å². The van der Waals surface area contributed by atoms with Gasteiger partial charge in [-0.15, -0.1) is 0 Å². The molecule has 6 nitrogen and oxygen atoms in total. The lowest BCUT2D eigenvalue weighted by molar-refractivity contribution is 0.0438. The van der Waals surface area contributed by atoms with Crippen molar-refractivity contribution in [2.24, 2.45) is 0 Å². The quantitative estimate of drug-likeness (QED) is 0.583. The third-order valence-electron chi connectivity index (χ3n) is 5.01. The molecule has 0 saturated carbocycles. The minimum absolute atomic E-state index is 0.411. The summed E-state index contributed by atoms with van der Waals surface area (Å²) >= 11 is 1.47. The minimum Gasteiger partial charge on any atom is -0.444 e. The van der Waals surface area contributed by atoms with Crippen molar-refractivity contribution < 1.29 is 9.53 Å². The Morgan fingerprint density at radius 2 is 1.93 bits per heavy atom. The van der Waals surface area contributed by atoms with Crippen molar-refractivity contribution in [2.75, 3.05) is 18.0 Å². The second kappa shape index (κ2) is 8.18. The van der Waals surface area contributed by atoms with Crippen LogP contribution in [0.25, 0.3) is 21.6 Å². The van der Waals surface area contributed by atoms with E-state index in [0.717, 1.165) is 42.2 Å². The highest BCUT2D eigenvalue weighted by Crippen LogP contribution is 2.34. The predicted octanol–water partition coefficient (Wildman–Crippen LogP) is 4.73. The molecule has 3 aromatic rings. The number of piperidine rings is 1. The number of hydrogen-bond acceptors (Lipinski definition) is 7. The molecule has 148 valence electrons. The molecule has 2 aromatic heterocycles. The molecule has 7 heteroatoms. The summed E-state index contributed by atoms with van der Waals surface area (Å²) in [5.74, 6) is -0.520. The Bertz CT molecular complexity index is 1080. The number of pyridine rings is 1. The number of nitriles is 1. The van der Waals surface area contributed by atoms with E-state index < -0.39 is 12.1 Å². The van der Waals surface area contributed by atoms with Crippen LogP contribution in [-0.4, -0.2) is 35.1 Å². The number of thiazole rings is 1. The molecule has 29 heavy (non-hydrogen) atoms. The van der Waals surface area contributed by atoms with E-state index in [2.05, 4.69) is 4.90 Å². The van der Waals surface area contributed by atoms with Crippen molar-refractivity contribution in [2.45, 2.75) is 39.2 Å². The molecule has 1 fully saturated rings. The maximum absolute atomic E-state index is 12.8. The Labute approximate surface area is 173 Å². The first-order chi connectivity index (χ1) is 14.0. The third-order valence-corrected chi connectivity index (χ3v) is 6.15. The first kappa shape index (κ1) is 19.3. The number of ether oxygens (including phenoxy) is 1. The molecule has 0 unspecified atom stereocenters. The van der Waals surface area contributed by atoms with E-state index in [0.29, 0.717) is 21.6 Å². The van der Waals surface area contributed by atoms with Gasteiger partial charge in [0.2, 0.25) is 0 Å². The fraction of sp³-hybridized carbons (Fsp3) is 0.364. The van der Waals surface area contributed by atoms with Gasteiger partial charge in [0.1, 0.15) is 6.07 Å². The smallest absolute Gasteiger partial charge is 0.341 e. The summed E-state index contributed by atoms with van der Waals surface area (Å²) < 4.78 is 6.00. The van der Waals surface area contributed by atoms with Crippen LogP contribution >= 0.6 is 11.3 Å². The number of aryl methyl sites for hydroxylation is 1. The van der Waals surface area contributed by atoms with E-state index in [1.165, 1.54) is 17.8 Å². The number of rotatable bonds is 4. The molecule has 1 aromatic carbocycles. The molecule has 3 heterocycles. The summed E-state index contributed by atoms with van der Waals surface area (Å²) in [6, 6.07) is 11.7. The number of aromatic nitrogens is 2. The van der Waals surface area contributed by atoms with E-state index >= 15 is 0 Å². The summed E-state index contributed by atoms with van der Waals surface area (Å²) in [6.07, 6.45) is 2.71. The van der Waals surface area contributed by atoms with Gasteiger partial charge in [0.25, 0.3) is 0 Å². The van der Waals surface area contributed by atoms with Crippen LogP contribution in [0, 0.1) is 18.3 Å². The van der Waals surface area contributed by atoms with Crippen molar-refractivity contribution in [3.8, 4) is 17.3 Å². The monoisotopic (exact) mass is 406 g/mol. The molecule has 1 aliphatic rings. The van der Waals surface area contributed by atoms with Crippen LogP contribution in [0.2, 0.25) is 0 Å². The number of hydrogen-bond donors (Lipinski definition) is 0. The number of anilines is 1. The van der Waals surface area contributed by atoms with Crippen LogP contribution in [-0.2, 0) is 4.74 Å². The molecule has 0 spiro atoms. The lowest BCUT2D eigenvalue weighted by atomic mass is 10.1. The summed E-state index contributed by atoms with van der Waals surface area (Å²) in [5, 5.41) is 9.91. The fourth-order valence-electron chi connectivity index (χ4n) is 3.40. The van der Waals surface area contributed by atoms with E-state index in [1.807, 2.05) is 37.3 Å². The van der Waals surface area contributed by atoms with Gasteiger partial charge in [-0.1, -0.05) is 41.2 Å². The number of esters is 1. The minimum atomic E-state index is -0.817. The molecular weight excluding hydrogens is 384 g/mol. The molecule has 0 radical (unpaired) electrons. The molecule has 1 atom stereocenters. The highest BCUT2D eigenvalue weighted by atomic mass is 32.1. The van der Waals surface area contributed by atoms with Crippen LogP contribution in [0.5, 0.6) is 0 Å². The zero-order chi connectivity index (χ0) is 20.4. The normalized spacial score (nSPS) is 15.1. The highest BCUT2D eigenvalue weighted by molar-refractivity contribution is 7.22. The van der Waals surface area contributed by atoms with Gasteiger partial charge >= 0.3 is 5.97 Å². The van der Waals surface area contributed by atoms with Gasteiger partial charge in [0.15, 0.2) is 16.9 Å². The first-order valence-corrected chi connectivity index (χ1v) is 10.6. The standard InChI is InChI=1S/C22H22N4O2S/c1-14-6-8-16(9-7-14)18-12-17(21(27)28-15(2)13-23)19-20(24-18)25-22(29-19)26-10-4-3-5-11-26/h6-9,12,15H,3-5,10-11H2,1-2H3/t15-/m1/s1. The van der Waals surface area contributed by atoms with Crippen LogP contribution < -0.4 is 4.90 Å². The van der Waals surface area contributed by atoms with E-state index in [1.54, 1.807) is 13.0 Å². The van der Waals surface area contributed by atoms with Gasteiger partial charge in [-0.3, -0.25) is 0 Å². The van der Waals surface area contributed by atoms with Crippen molar-refractivity contribution in [1.82, 2.24) is 9.97 Å². The summed E-state index contributed by atoms with van der Waals surface area (Å²) in [7, 11) is 0. The average molecular weight is 407 g/mol. The van der Waals surface area contributed by atoms with E-state index in [4.69, 9.17) is 20.0 Å². The highest BCUT2D eigenvalue weighted by Gasteiger charge is 2.23. The van der Waals surface area contributed by atoms with Gasteiger partial charge in [-0.2, -0.15) is 10.2 Å². The number of carbonyl (C=O) groups is 1. The SMILES string of the molecule is Cc1ccc(-c2cc(C(=O)O[C@H](C)C#N)c3sc(N4CCCCC4)nc3n2)cc1. The van der Waals surface area contributed by atoms with Crippen LogP contribution in [0.15, 0.2) is 30.3 Å². The number of benzene rings is 1. The second-order valence-electron chi connectivity index (χ2n) is 7.29. The van der Waals surface area contributed by atoms with Gasteiger partial charge in [-0.05, 0) is 39.2 Å². The summed E-state index contributed by atoms with van der Waals surface area (Å²) in [5.41, 5.74) is 3.69. The zero-order valence-corrected chi connectivity index (χ0v) is 17.3. The number of carbonyl (C=O) groups excluding carboxylic acids is 1. The van der Waals surface area contributed by atoms with E-state index in [-0.39, 0.29) is 0 Å². The molecule has 0 amide bonds. The Hall–Kier alpha value is -2.98. The lowest BCUT2D eigenvalue weighted by Gasteiger charge is -2.25. The van der Waals surface area contributed by atoms with Crippen molar-refractivity contribution >= 4 is 32.8 Å². The van der Waals surface area contributed by atoms with E-state index in [9.17, 15) is 4.79 Å². The second-order valence-corrected chi connectivity index (χ2v) is 8.27. The van der Waals surface area contributed by atoms with Crippen molar-refractivity contribution in [3.05, 3.63) is 41.5 Å². The average Bonchev–Trinajstić information content (AvgIpc) is 3.18. The van der Waals surface area contributed by atoms with Gasteiger partial charge in [0, 0.05) is 18.7 Å². The molecule has 1 saturated heterocycles. The Morgan fingerprint density at radius 3 is 2.62 bits per heavy atom. The Balaban J connectivity index is 1.81. The molecule has 0 aliphatic carbocycles. The lowest BCUT2D eigenvalue weighted by Crippen LogP contribution is -2.29. The first-order valence-electron chi connectivity index (χ1n) is 9.79. The molecule has 4 rings (SSSR count). The van der Waals surface area contributed by atoms with Crippen LogP contribution in [0.1, 0.15) is 42.1 Å². The molecule has 0 bridgehead atoms. The molecular formula is C22H22N4O2S. The largest absolute Gasteiger partial charge is 0.444 e. The van der Waals surface area contributed by atoms with Crippen LogP contribution in [0.4, 0.5) is 5.13 Å². The van der Waals surface area contributed by atoms with Gasteiger partial charge in [-0.25, -0.2) is 9.78 Å². The maximum Gasteiger partial charge on any atom is 0.341 e. The Morgan fingerprint density at radius 1 is 1.21 bits per heavy atom. The predicted molar refractivity (Wildman–Crippen MR) is 114 cm³/mol. The number of nitrogens with zero attached hydrogens (tertiary/aromatic N) is 4. The summed E-state index contributed by atoms with van der Waals surface area (Å²) in [6.45, 7) is 5.52. The number of fused-ring (bicyclic) bond motifs is 1. The molecule has 0 N–H and O–H groups in total. The summed E-state index contributed by atoms with van der Waals surface area (Å²) in [4.78, 5) is 24.5. The van der Waals surface area contributed by atoms with Gasteiger partial charge < -0.3 is 9.64 Å².